The molecule has 0 spiro atoms. The van der Waals surface area contributed by atoms with Crippen LogP contribution < -0.4 is 0 Å². The third-order valence-electron chi connectivity index (χ3n) is 5.61. The first-order valence-corrected chi connectivity index (χ1v) is 7.77. The van der Waals surface area contributed by atoms with Gasteiger partial charge in [-0.1, -0.05) is 30.7 Å². The van der Waals surface area contributed by atoms with Crippen LogP contribution >= 0.6 is 0 Å². The van der Waals surface area contributed by atoms with E-state index >= 15 is 0 Å². The lowest BCUT2D eigenvalue weighted by atomic mass is 9.64. The van der Waals surface area contributed by atoms with Crippen LogP contribution in [-0.2, 0) is 5.41 Å². The molecule has 2 fully saturated rings. The number of hydrogen-bond acceptors (Lipinski definition) is 2. The van der Waals surface area contributed by atoms with Gasteiger partial charge in [-0.2, -0.15) is 0 Å². The zero-order chi connectivity index (χ0) is 14.4. The molecule has 2 atom stereocenters. The van der Waals surface area contributed by atoms with Crippen LogP contribution in [0.4, 0.5) is 0 Å². The van der Waals surface area contributed by atoms with Gasteiger partial charge in [0, 0.05) is 5.41 Å². The summed E-state index contributed by atoms with van der Waals surface area (Å²) in [6.07, 6.45) is 5.13. The molecule has 2 aliphatic carbocycles. The zero-order valence-corrected chi connectivity index (χ0v) is 12.0. The Morgan fingerprint density at radius 1 is 0.762 bits per heavy atom. The van der Waals surface area contributed by atoms with E-state index < -0.39 is 0 Å². The van der Waals surface area contributed by atoms with E-state index in [-0.39, 0.29) is 5.41 Å². The second kappa shape index (κ2) is 4.52. The molecule has 0 radical (unpaired) electrons. The Morgan fingerprint density at radius 3 is 1.67 bits per heavy atom. The highest BCUT2D eigenvalue weighted by Crippen LogP contribution is 2.60. The highest BCUT2D eigenvalue weighted by atomic mass is 16.3. The maximum Gasteiger partial charge on any atom is 0.115 e. The van der Waals surface area contributed by atoms with E-state index in [0.717, 1.165) is 5.92 Å². The number of fused-ring (bicyclic) bond motifs is 2. The van der Waals surface area contributed by atoms with Gasteiger partial charge in [0.05, 0.1) is 0 Å². The Balaban J connectivity index is 1.87. The number of phenolic OH excluding ortho intramolecular Hbond substituents is 2. The molecule has 2 N–H and O–H groups in total. The lowest BCUT2D eigenvalue weighted by molar-refractivity contribution is 0.319. The van der Waals surface area contributed by atoms with Gasteiger partial charge in [0.1, 0.15) is 11.5 Å². The molecule has 4 rings (SSSR count). The molecule has 0 heterocycles. The van der Waals surface area contributed by atoms with Gasteiger partial charge in [0.25, 0.3) is 0 Å². The second-order valence-corrected chi connectivity index (χ2v) is 6.65. The average Bonchev–Trinajstić information content (AvgIpc) is 3.10. The standard InChI is InChI=1S/C19H20O2/c20-17-7-3-14(4-8-17)19(12-13-1-2-16(19)11-13)15-5-9-18(21)10-6-15/h3-10,13,16,20-21H,1-2,11-12H2/t13-,16-/m0/s1. The summed E-state index contributed by atoms with van der Waals surface area (Å²) in [5.41, 5.74) is 2.67. The number of hydrogen-bond donors (Lipinski definition) is 2. The topological polar surface area (TPSA) is 40.5 Å². The van der Waals surface area contributed by atoms with E-state index in [4.69, 9.17) is 0 Å². The van der Waals surface area contributed by atoms with Crippen molar-refractivity contribution in [3.05, 3.63) is 59.7 Å². The average molecular weight is 280 g/mol. The molecule has 0 amide bonds. The number of aromatic hydroxyl groups is 2. The molecule has 2 aromatic carbocycles. The first-order valence-electron chi connectivity index (χ1n) is 7.77. The highest BCUT2D eigenvalue weighted by molar-refractivity contribution is 5.45. The molecule has 2 aromatic rings. The van der Waals surface area contributed by atoms with E-state index in [1.807, 2.05) is 0 Å². The molecule has 21 heavy (non-hydrogen) atoms. The molecule has 2 heteroatoms. The molecule has 2 nitrogen and oxygen atoms in total. The monoisotopic (exact) mass is 280 g/mol. The molecule has 2 saturated carbocycles. The third-order valence-corrected chi connectivity index (χ3v) is 5.61. The smallest absolute Gasteiger partial charge is 0.115 e. The summed E-state index contributed by atoms with van der Waals surface area (Å²) >= 11 is 0. The van der Waals surface area contributed by atoms with Crippen molar-refractivity contribution in [2.24, 2.45) is 11.8 Å². The molecular formula is C19H20O2. The largest absolute Gasteiger partial charge is 0.508 e. The second-order valence-electron chi connectivity index (χ2n) is 6.65. The van der Waals surface area contributed by atoms with Crippen LogP contribution in [0, 0.1) is 11.8 Å². The van der Waals surface area contributed by atoms with Gasteiger partial charge in [-0.15, -0.1) is 0 Å². The van der Waals surface area contributed by atoms with Crippen LogP contribution in [0.2, 0.25) is 0 Å². The van der Waals surface area contributed by atoms with Gasteiger partial charge >= 0.3 is 0 Å². The van der Waals surface area contributed by atoms with Crippen molar-refractivity contribution in [3.63, 3.8) is 0 Å². The minimum atomic E-state index is 0.0598. The quantitative estimate of drug-likeness (QED) is 0.865. The van der Waals surface area contributed by atoms with E-state index in [0.29, 0.717) is 17.4 Å². The first-order chi connectivity index (χ1) is 10.2. The van der Waals surface area contributed by atoms with Gasteiger partial charge < -0.3 is 10.2 Å². The van der Waals surface area contributed by atoms with Crippen LogP contribution in [0.3, 0.4) is 0 Å². The predicted molar refractivity (Wildman–Crippen MR) is 82.4 cm³/mol. The van der Waals surface area contributed by atoms with Crippen molar-refractivity contribution in [1.29, 1.82) is 0 Å². The maximum atomic E-state index is 9.59. The normalized spacial score (nSPS) is 26.1. The molecule has 0 aliphatic heterocycles. The molecular weight excluding hydrogens is 260 g/mol. The van der Waals surface area contributed by atoms with Crippen molar-refractivity contribution >= 4 is 0 Å². The molecule has 0 unspecified atom stereocenters. The molecule has 0 saturated heterocycles. The molecule has 2 bridgehead atoms. The van der Waals surface area contributed by atoms with E-state index in [1.165, 1.54) is 36.8 Å². The summed E-state index contributed by atoms with van der Waals surface area (Å²) in [5, 5.41) is 19.2. The van der Waals surface area contributed by atoms with Crippen LogP contribution in [0.25, 0.3) is 0 Å². The number of rotatable bonds is 2. The predicted octanol–water partition coefficient (Wildman–Crippen LogP) is 4.20. The summed E-state index contributed by atoms with van der Waals surface area (Å²) in [6.45, 7) is 0. The maximum absolute atomic E-state index is 9.59. The fourth-order valence-electron chi connectivity index (χ4n) is 4.72. The van der Waals surface area contributed by atoms with Crippen molar-refractivity contribution in [2.75, 3.05) is 0 Å². The van der Waals surface area contributed by atoms with Crippen LogP contribution in [0.5, 0.6) is 11.5 Å². The zero-order valence-electron chi connectivity index (χ0n) is 12.0. The van der Waals surface area contributed by atoms with Gasteiger partial charge in [0.15, 0.2) is 0 Å². The van der Waals surface area contributed by atoms with Crippen molar-refractivity contribution in [1.82, 2.24) is 0 Å². The molecule has 108 valence electrons. The molecule has 0 aromatic heterocycles. The summed E-state index contributed by atoms with van der Waals surface area (Å²) in [6, 6.07) is 15.5. The number of benzene rings is 2. The van der Waals surface area contributed by atoms with E-state index in [1.54, 1.807) is 24.3 Å². The lowest BCUT2D eigenvalue weighted by Crippen LogP contribution is -2.33. The fourth-order valence-corrected chi connectivity index (χ4v) is 4.72. The highest BCUT2D eigenvalue weighted by Gasteiger charge is 2.52. The Labute approximate surface area is 125 Å². The minimum absolute atomic E-state index is 0.0598. The van der Waals surface area contributed by atoms with Gasteiger partial charge in [-0.3, -0.25) is 0 Å². The van der Waals surface area contributed by atoms with Crippen molar-refractivity contribution in [3.8, 4) is 11.5 Å². The van der Waals surface area contributed by atoms with Crippen molar-refractivity contribution < 1.29 is 10.2 Å². The SMILES string of the molecule is Oc1ccc(C2(c3ccc(O)cc3)C[C@H]3CC[C@H]2C3)cc1. The summed E-state index contributed by atoms with van der Waals surface area (Å²) < 4.78 is 0. The van der Waals surface area contributed by atoms with Crippen LogP contribution in [0.15, 0.2) is 48.5 Å². The van der Waals surface area contributed by atoms with Gasteiger partial charge in [-0.05, 0) is 66.5 Å². The van der Waals surface area contributed by atoms with E-state index in [9.17, 15) is 10.2 Å². The van der Waals surface area contributed by atoms with Crippen LogP contribution in [0.1, 0.15) is 36.8 Å². The summed E-state index contributed by atoms with van der Waals surface area (Å²) in [5.74, 6) is 2.14. The van der Waals surface area contributed by atoms with E-state index in [2.05, 4.69) is 24.3 Å². The van der Waals surface area contributed by atoms with Crippen LogP contribution in [-0.4, -0.2) is 10.2 Å². The first kappa shape index (κ1) is 12.8. The third kappa shape index (κ3) is 1.85. The lowest BCUT2D eigenvalue weighted by Gasteiger charge is -2.39. The van der Waals surface area contributed by atoms with Gasteiger partial charge in [-0.25, -0.2) is 0 Å². The van der Waals surface area contributed by atoms with Gasteiger partial charge in [0.2, 0.25) is 0 Å². The fraction of sp³-hybridized carbons (Fsp3) is 0.368. The Bertz CT molecular complexity index is 597. The Kier molecular flexibility index (Phi) is 2.75. The Morgan fingerprint density at radius 2 is 1.29 bits per heavy atom. The molecule has 2 aliphatic rings. The number of phenols is 2. The Hall–Kier alpha value is -1.96. The van der Waals surface area contributed by atoms with Crippen molar-refractivity contribution in [2.45, 2.75) is 31.1 Å². The summed E-state index contributed by atoms with van der Waals surface area (Å²) in [4.78, 5) is 0. The summed E-state index contributed by atoms with van der Waals surface area (Å²) in [7, 11) is 0. The minimum Gasteiger partial charge on any atom is -0.508 e.